The largest absolute Gasteiger partial charge is 0.417 e. The number of unbranched alkanes of at least 4 members (excludes halogenated alkanes) is 10. The lowest BCUT2D eigenvalue weighted by Gasteiger charge is -2.11. The number of epoxide rings is 3. The number of aliphatic hydroxyl groups is 2. The lowest BCUT2D eigenvalue weighted by molar-refractivity contribution is -0.188. The van der Waals surface area contributed by atoms with Gasteiger partial charge in [0.15, 0.2) is 6.10 Å². The van der Waals surface area contributed by atoms with E-state index in [1.54, 1.807) is 0 Å². The highest BCUT2D eigenvalue weighted by Crippen LogP contribution is 2.78. The third-order valence-electron chi connectivity index (χ3n) is 6.34. The summed E-state index contributed by atoms with van der Waals surface area (Å²) in [4.78, 5) is 35.6. The van der Waals surface area contributed by atoms with Gasteiger partial charge >= 0.3 is 29.5 Å². The van der Waals surface area contributed by atoms with Gasteiger partial charge in [-0.25, -0.2) is 9.59 Å². The second-order valence-electron chi connectivity index (χ2n) is 9.04. The summed E-state index contributed by atoms with van der Waals surface area (Å²) in [6.45, 7) is 2.37. The molecule has 3 rings (SSSR count). The standard InChI is InChI=1S/C23H36O10/c1-3-4-5-6-7-8-9-10-11-12-13-14-18-21(31-18)23(32-21)22(33-23,30-16(2)25)20(28)29-19(27)17(26)15-24/h17-18,24,26H,3-15H2,1-2H3. The van der Waals surface area contributed by atoms with Gasteiger partial charge in [-0.3, -0.25) is 14.3 Å². The third kappa shape index (κ3) is 5.40. The Kier molecular flexibility index (Phi) is 8.50. The molecule has 5 atom stereocenters. The van der Waals surface area contributed by atoms with Crippen molar-refractivity contribution in [1.82, 2.24) is 0 Å². The Morgan fingerprint density at radius 2 is 1.52 bits per heavy atom. The highest BCUT2D eigenvalue weighted by Gasteiger charge is 3.08. The first-order chi connectivity index (χ1) is 15.8. The summed E-state index contributed by atoms with van der Waals surface area (Å²) in [5, 5.41) is 18.1. The van der Waals surface area contributed by atoms with Crippen LogP contribution in [0.15, 0.2) is 0 Å². The van der Waals surface area contributed by atoms with Crippen LogP contribution in [0.25, 0.3) is 0 Å². The van der Waals surface area contributed by atoms with E-state index < -0.39 is 48.0 Å². The van der Waals surface area contributed by atoms with Crippen molar-refractivity contribution < 1.29 is 48.3 Å². The van der Waals surface area contributed by atoms with E-state index in [1.807, 2.05) is 0 Å². The van der Waals surface area contributed by atoms with Crippen molar-refractivity contribution in [2.45, 2.75) is 120 Å². The second-order valence-corrected chi connectivity index (χ2v) is 9.04. The summed E-state index contributed by atoms with van der Waals surface area (Å²) < 4.78 is 26.0. The zero-order valence-corrected chi connectivity index (χ0v) is 19.5. The fourth-order valence-electron chi connectivity index (χ4n) is 4.36. The van der Waals surface area contributed by atoms with Gasteiger partial charge in [-0.2, -0.15) is 0 Å². The summed E-state index contributed by atoms with van der Waals surface area (Å²) in [6.07, 6.45) is 12.0. The molecule has 2 spiro atoms. The predicted octanol–water partition coefficient (Wildman–Crippen LogP) is 2.22. The average molecular weight is 473 g/mol. The molecule has 0 aromatic carbocycles. The van der Waals surface area contributed by atoms with E-state index in [0.717, 1.165) is 26.2 Å². The lowest BCUT2D eigenvalue weighted by Crippen LogP contribution is -2.40. The molecule has 3 saturated heterocycles. The predicted molar refractivity (Wildman–Crippen MR) is 112 cm³/mol. The van der Waals surface area contributed by atoms with E-state index in [2.05, 4.69) is 11.7 Å². The second kappa shape index (κ2) is 10.8. The first kappa shape index (κ1) is 26.0. The maximum absolute atomic E-state index is 12.5. The molecular formula is C23H36O10. The van der Waals surface area contributed by atoms with Gasteiger partial charge in [0.05, 0.1) is 6.61 Å². The molecule has 0 radical (unpaired) electrons. The first-order valence-corrected chi connectivity index (χ1v) is 12.1. The Bertz CT molecular complexity index is 726. The minimum absolute atomic E-state index is 0.306. The van der Waals surface area contributed by atoms with Crippen LogP contribution >= 0.6 is 0 Å². The molecule has 33 heavy (non-hydrogen) atoms. The highest BCUT2D eigenvalue weighted by molar-refractivity contribution is 5.95. The minimum atomic E-state index is -2.25. The van der Waals surface area contributed by atoms with Crippen LogP contribution in [0.1, 0.15) is 90.9 Å². The van der Waals surface area contributed by atoms with Crippen LogP contribution in [0.2, 0.25) is 0 Å². The molecule has 0 bridgehead atoms. The Balaban J connectivity index is 1.36. The number of ether oxygens (including phenoxy) is 5. The van der Waals surface area contributed by atoms with Gasteiger partial charge < -0.3 is 24.4 Å². The Morgan fingerprint density at radius 1 is 0.939 bits per heavy atom. The molecule has 3 aliphatic rings. The van der Waals surface area contributed by atoms with Crippen molar-refractivity contribution >= 4 is 17.9 Å². The summed E-state index contributed by atoms with van der Waals surface area (Å²) in [6, 6.07) is 0. The molecule has 0 aliphatic carbocycles. The van der Waals surface area contributed by atoms with Gasteiger partial charge in [-0.05, 0) is 6.42 Å². The van der Waals surface area contributed by atoms with Crippen LogP contribution in [0, 0.1) is 0 Å². The smallest absolute Gasteiger partial charge is 0.394 e. The number of rotatable bonds is 16. The maximum Gasteiger partial charge on any atom is 0.394 e. The molecule has 0 aromatic rings. The van der Waals surface area contributed by atoms with Crippen LogP contribution < -0.4 is 0 Å². The average Bonchev–Trinajstić information content (AvgIpc) is 3.72. The van der Waals surface area contributed by atoms with Crippen molar-refractivity contribution in [3.8, 4) is 0 Å². The first-order valence-electron chi connectivity index (χ1n) is 12.1. The van der Waals surface area contributed by atoms with Crippen molar-refractivity contribution in [1.29, 1.82) is 0 Å². The maximum atomic E-state index is 12.5. The molecule has 0 aromatic heterocycles. The van der Waals surface area contributed by atoms with E-state index in [4.69, 9.17) is 24.1 Å². The van der Waals surface area contributed by atoms with Gasteiger partial charge in [-0.1, -0.05) is 77.6 Å². The van der Waals surface area contributed by atoms with E-state index in [9.17, 15) is 19.5 Å². The van der Waals surface area contributed by atoms with Crippen LogP contribution in [0.4, 0.5) is 0 Å². The highest BCUT2D eigenvalue weighted by atomic mass is 17.1. The zero-order chi connectivity index (χ0) is 24.1. The van der Waals surface area contributed by atoms with E-state index in [1.165, 1.54) is 51.4 Å². The number of carbonyl (C=O) groups excluding carboxylic acids is 3. The van der Waals surface area contributed by atoms with Gasteiger partial charge in [0.2, 0.25) is 0 Å². The molecule has 0 amide bonds. The van der Waals surface area contributed by atoms with Crippen molar-refractivity contribution in [3.63, 3.8) is 0 Å². The summed E-state index contributed by atoms with van der Waals surface area (Å²) in [5.41, 5.74) is 0. The lowest BCUT2D eigenvalue weighted by atomic mass is 10.0. The Labute approximate surface area is 193 Å². The number of aliphatic hydroxyl groups excluding tert-OH is 2. The summed E-state index contributed by atoms with van der Waals surface area (Å²) >= 11 is 0. The molecule has 5 unspecified atom stereocenters. The molecular weight excluding hydrogens is 436 g/mol. The Morgan fingerprint density at radius 3 is 2.06 bits per heavy atom. The van der Waals surface area contributed by atoms with E-state index >= 15 is 0 Å². The van der Waals surface area contributed by atoms with Gasteiger partial charge in [0.25, 0.3) is 5.79 Å². The molecule has 2 N–H and O–H groups in total. The van der Waals surface area contributed by atoms with Gasteiger partial charge in [-0.15, -0.1) is 0 Å². The number of carbonyl (C=O) groups is 3. The molecule has 0 saturated carbocycles. The molecule has 10 nitrogen and oxygen atoms in total. The molecule has 3 heterocycles. The van der Waals surface area contributed by atoms with Crippen molar-refractivity contribution in [3.05, 3.63) is 0 Å². The fraction of sp³-hybridized carbons (Fsp3) is 0.870. The van der Waals surface area contributed by atoms with Gasteiger partial charge in [0.1, 0.15) is 6.10 Å². The number of hydrogen-bond donors (Lipinski definition) is 2. The summed E-state index contributed by atoms with van der Waals surface area (Å²) in [5.74, 6) is -8.63. The van der Waals surface area contributed by atoms with Crippen molar-refractivity contribution in [2.75, 3.05) is 6.61 Å². The zero-order valence-electron chi connectivity index (χ0n) is 19.5. The topological polar surface area (TPSA) is 148 Å². The normalized spacial score (nSPS) is 31.9. The number of fused-ring (bicyclic) bond motifs is 1. The van der Waals surface area contributed by atoms with Crippen LogP contribution in [0.3, 0.4) is 0 Å². The van der Waals surface area contributed by atoms with Crippen LogP contribution in [-0.4, -0.2) is 64.3 Å². The van der Waals surface area contributed by atoms with Crippen LogP contribution in [0.5, 0.6) is 0 Å². The van der Waals surface area contributed by atoms with Crippen LogP contribution in [-0.2, 0) is 38.1 Å². The van der Waals surface area contributed by atoms with Crippen molar-refractivity contribution in [2.24, 2.45) is 0 Å². The minimum Gasteiger partial charge on any atom is -0.417 e. The van der Waals surface area contributed by atoms with E-state index in [0.29, 0.717) is 6.42 Å². The Hall–Kier alpha value is -1.59. The van der Waals surface area contributed by atoms with Gasteiger partial charge in [0, 0.05) is 6.92 Å². The fourth-order valence-corrected chi connectivity index (χ4v) is 4.36. The monoisotopic (exact) mass is 472 g/mol. The summed E-state index contributed by atoms with van der Waals surface area (Å²) in [7, 11) is 0. The molecule has 188 valence electrons. The SMILES string of the molecule is CCCCCCCCCCCCCC1OC12OC21OC1(OC(C)=O)C(=O)OC(=O)C(O)CO. The number of hydrogen-bond acceptors (Lipinski definition) is 10. The van der Waals surface area contributed by atoms with E-state index in [-0.39, 0.29) is 6.10 Å². The number of esters is 3. The quantitative estimate of drug-likeness (QED) is 0.148. The molecule has 3 aliphatic heterocycles. The molecule has 3 fully saturated rings. The molecule has 10 heteroatoms. The third-order valence-corrected chi connectivity index (χ3v) is 6.34.